The zero-order valence-electron chi connectivity index (χ0n) is 10.1. The molecule has 17 heavy (non-hydrogen) atoms. The molecule has 4 nitrogen and oxygen atoms in total. The van der Waals surface area contributed by atoms with Crippen LogP contribution in [0, 0.1) is 6.92 Å². The SMILES string of the molecule is CCCC(=O)OCOC(=O)c1cccc(C)c1. The quantitative estimate of drug-likeness (QED) is 0.582. The Balaban J connectivity index is 2.38. The van der Waals surface area contributed by atoms with Gasteiger partial charge in [-0.2, -0.15) is 0 Å². The van der Waals surface area contributed by atoms with Gasteiger partial charge < -0.3 is 9.47 Å². The van der Waals surface area contributed by atoms with Crippen LogP contribution in [0.25, 0.3) is 0 Å². The maximum Gasteiger partial charge on any atom is 0.341 e. The first-order chi connectivity index (χ1) is 8.13. The number of ether oxygens (including phenoxy) is 2. The van der Waals surface area contributed by atoms with E-state index >= 15 is 0 Å². The van der Waals surface area contributed by atoms with Gasteiger partial charge in [-0.05, 0) is 25.5 Å². The predicted octanol–water partition coefficient (Wildman–Crippen LogP) is 2.45. The Kier molecular flexibility index (Phi) is 5.20. The van der Waals surface area contributed by atoms with Gasteiger partial charge in [0.2, 0.25) is 6.79 Å². The summed E-state index contributed by atoms with van der Waals surface area (Å²) in [5, 5.41) is 0. The molecule has 1 aromatic carbocycles. The van der Waals surface area contributed by atoms with Gasteiger partial charge in [0.1, 0.15) is 0 Å². The molecule has 0 saturated carbocycles. The van der Waals surface area contributed by atoms with Gasteiger partial charge in [0.15, 0.2) is 0 Å². The van der Waals surface area contributed by atoms with E-state index in [1.165, 1.54) is 0 Å². The molecule has 0 amide bonds. The average molecular weight is 236 g/mol. The number of hydrogen-bond donors (Lipinski definition) is 0. The molecule has 1 aromatic rings. The van der Waals surface area contributed by atoms with Crippen LogP contribution in [-0.4, -0.2) is 18.7 Å². The first kappa shape index (κ1) is 13.2. The number of hydrogen-bond acceptors (Lipinski definition) is 4. The number of carbonyl (C=O) groups excluding carboxylic acids is 2. The van der Waals surface area contributed by atoms with Gasteiger partial charge in [-0.25, -0.2) is 4.79 Å². The van der Waals surface area contributed by atoms with Crippen molar-refractivity contribution in [3.8, 4) is 0 Å². The van der Waals surface area contributed by atoms with Crippen molar-refractivity contribution in [2.75, 3.05) is 6.79 Å². The summed E-state index contributed by atoms with van der Waals surface area (Å²) in [5.41, 5.74) is 1.43. The van der Waals surface area contributed by atoms with Gasteiger partial charge in [0.25, 0.3) is 0 Å². The third-order valence-electron chi connectivity index (χ3n) is 2.12. The molecular weight excluding hydrogens is 220 g/mol. The standard InChI is InChI=1S/C13H16O4/c1-3-5-12(14)16-9-17-13(15)11-7-4-6-10(2)8-11/h4,6-8H,3,5,9H2,1-2H3. The van der Waals surface area contributed by atoms with E-state index in [-0.39, 0.29) is 12.8 Å². The van der Waals surface area contributed by atoms with E-state index in [9.17, 15) is 9.59 Å². The van der Waals surface area contributed by atoms with Crippen LogP contribution in [0.2, 0.25) is 0 Å². The van der Waals surface area contributed by atoms with Gasteiger partial charge in [-0.15, -0.1) is 0 Å². The van der Waals surface area contributed by atoms with E-state index in [4.69, 9.17) is 9.47 Å². The molecule has 0 heterocycles. The van der Waals surface area contributed by atoms with Gasteiger partial charge in [0.05, 0.1) is 5.56 Å². The molecule has 0 bridgehead atoms. The van der Waals surface area contributed by atoms with Crippen molar-refractivity contribution in [3.63, 3.8) is 0 Å². The van der Waals surface area contributed by atoms with E-state index < -0.39 is 5.97 Å². The van der Waals surface area contributed by atoms with Crippen molar-refractivity contribution in [2.24, 2.45) is 0 Å². The predicted molar refractivity (Wildman–Crippen MR) is 62.5 cm³/mol. The van der Waals surface area contributed by atoms with Crippen LogP contribution in [-0.2, 0) is 14.3 Å². The highest BCUT2D eigenvalue weighted by Gasteiger charge is 2.08. The number of benzene rings is 1. The van der Waals surface area contributed by atoms with Gasteiger partial charge in [0, 0.05) is 6.42 Å². The fourth-order valence-electron chi connectivity index (χ4n) is 1.28. The van der Waals surface area contributed by atoms with Gasteiger partial charge >= 0.3 is 11.9 Å². The smallest absolute Gasteiger partial charge is 0.341 e. The molecule has 92 valence electrons. The van der Waals surface area contributed by atoms with Crippen LogP contribution in [0.4, 0.5) is 0 Å². The van der Waals surface area contributed by atoms with Crippen molar-refractivity contribution in [3.05, 3.63) is 35.4 Å². The van der Waals surface area contributed by atoms with E-state index in [2.05, 4.69) is 0 Å². The normalized spacial score (nSPS) is 9.76. The lowest BCUT2D eigenvalue weighted by molar-refractivity contribution is -0.152. The summed E-state index contributed by atoms with van der Waals surface area (Å²) in [6.45, 7) is 3.43. The Morgan fingerprint density at radius 3 is 2.65 bits per heavy atom. The molecule has 0 aromatic heterocycles. The first-order valence-electron chi connectivity index (χ1n) is 5.53. The summed E-state index contributed by atoms with van der Waals surface area (Å²) in [4.78, 5) is 22.5. The largest absolute Gasteiger partial charge is 0.428 e. The van der Waals surface area contributed by atoms with Crippen LogP contribution in [0.3, 0.4) is 0 Å². The summed E-state index contributed by atoms with van der Waals surface area (Å²) in [6.07, 6.45) is 1.05. The molecule has 0 N–H and O–H groups in total. The molecule has 0 radical (unpaired) electrons. The van der Waals surface area contributed by atoms with Gasteiger partial charge in [-0.1, -0.05) is 24.6 Å². The monoisotopic (exact) mass is 236 g/mol. The third-order valence-corrected chi connectivity index (χ3v) is 2.12. The maximum absolute atomic E-state index is 11.5. The summed E-state index contributed by atoms with van der Waals surface area (Å²) >= 11 is 0. The Labute approximate surface area is 101 Å². The van der Waals surface area contributed by atoms with Crippen LogP contribution in [0.1, 0.15) is 35.7 Å². The highest BCUT2D eigenvalue weighted by molar-refractivity contribution is 5.89. The summed E-state index contributed by atoms with van der Waals surface area (Å²) in [5.74, 6) is -0.845. The second kappa shape index (κ2) is 6.68. The Bertz CT molecular complexity index is 398. The molecule has 0 atom stereocenters. The second-order valence-electron chi connectivity index (χ2n) is 3.69. The highest BCUT2D eigenvalue weighted by atomic mass is 16.7. The minimum Gasteiger partial charge on any atom is -0.428 e. The molecule has 0 unspecified atom stereocenters. The van der Waals surface area contributed by atoms with E-state index in [0.29, 0.717) is 18.4 Å². The zero-order chi connectivity index (χ0) is 12.7. The highest BCUT2D eigenvalue weighted by Crippen LogP contribution is 2.05. The molecule has 0 fully saturated rings. The minimum atomic E-state index is -0.488. The fourth-order valence-corrected chi connectivity index (χ4v) is 1.28. The van der Waals surface area contributed by atoms with Gasteiger partial charge in [-0.3, -0.25) is 4.79 Å². The Hall–Kier alpha value is -1.84. The number of aryl methyl sites for hydroxylation is 1. The molecule has 0 saturated heterocycles. The summed E-state index contributed by atoms with van der Waals surface area (Å²) in [6, 6.07) is 7.03. The third kappa shape index (κ3) is 4.68. The van der Waals surface area contributed by atoms with Crippen molar-refractivity contribution in [1.82, 2.24) is 0 Å². The maximum atomic E-state index is 11.5. The van der Waals surface area contributed by atoms with Crippen LogP contribution in [0.15, 0.2) is 24.3 Å². The number of esters is 2. The van der Waals surface area contributed by atoms with E-state index in [1.54, 1.807) is 18.2 Å². The second-order valence-corrected chi connectivity index (χ2v) is 3.69. The lowest BCUT2D eigenvalue weighted by atomic mass is 10.1. The number of rotatable bonds is 5. The molecule has 4 heteroatoms. The van der Waals surface area contributed by atoms with Crippen molar-refractivity contribution in [1.29, 1.82) is 0 Å². The summed E-state index contributed by atoms with van der Waals surface area (Å²) < 4.78 is 9.54. The lowest BCUT2D eigenvalue weighted by Crippen LogP contribution is -2.12. The fraction of sp³-hybridized carbons (Fsp3) is 0.385. The lowest BCUT2D eigenvalue weighted by Gasteiger charge is -2.06. The van der Waals surface area contributed by atoms with E-state index in [1.807, 2.05) is 19.9 Å². The van der Waals surface area contributed by atoms with Crippen LogP contribution in [0.5, 0.6) is 0 Å². The van der Waals surface area contributed by atoms with Crippen LogP contribution < -0.4 is 0 Å². The summed E-state index contributed by atoms with van der Waals surface area (Å²) in [7, 11) is 0. The number of carbonyl (C=O) groups is 2. The molecule has 0 spiro atoms. The van der Waals surface area contributed by atoms with Crippen molar-refractivity contribution >= 4 is 11.9 Å². The van der Waals surface area contributed by atoms with Crippen molar-refractivity contribution < 1.29 is 19.1 Å². The topological polar surface area (TPSA) is 52.6 Å². The minimum absolute atomic E-state index is 0.328. The first-order valence-corrected chi connectivity index (χ1v) is 5.53. The van der Waals surface area contributed by atoms with Crippen molar-refractivity contribution in [2.45, 2.75) is 26.7 Å². The van der Waals surface area contributed by atoms with Crippen LogP contribution >= 0.6 is 0 Å². The molecule has 1 rings (SSSR count). The molecule has 0 aliphatic rings. The molecule has 0 aliphatic carbocycles. The Morgan fingerprint density at radius 1 is 1.24 bits per heavy atom. The molecule has 0 aliphatic heterocycles. The molecular formula is C13H16O4. The van der Waals surface area contributed by atoms with E-state index in [0.717, 1.165) is 5.56 Å². The Morgan fingerprint density at radius 2 is 2.00 bits per heavy atom. The zero-order valence-corrected chi connectivity index (χ0v) is 10.1. The average Bonchev–Trinajstić information content (AvgIpc) is 2.29.